The van der Waals surface area contributed by atoms with Gasteiger partial charge >= 0.3 is 0 Å². The molecule has 5 nitrogen and oxygen atoms in total. The lowest BCUT2D eigenvalue weighted by Gasteiger charge is -2.24. The molecule has 1 aromatic carbocycles. The molecule has 0 unspecified atom stereocenters. The molecule has 0 spiro atoms. The maximum atomic E-state index is 12.5. The second kappa shape index (κ2) is 7.35. The molecule has 0 fully saturated rings. The zero-order chi connectivity index (χ0) is 16.1. The van der Waals surface area contributed by atoms with Gasteiger partial charge in [-0.05, 0) is 36.0 Å². The second-order valence-corrected chi connectivity index (χ2v) is 7.71. The van der Waals surface area contributed by atoms with E-state index in [0.717, 1.165) is 12.0 Å². The van der Waals surface area contributed by atoms with Crippen molar-refractivity contribution in [2.75, 3.05) is 20.3 Å². The highest BCUT2D eigenvalue weighted by Gasteiger charge is 2.23. The molecule has 0 saturated carbocycles. The predicted octanol–water partition coefficient (Wildman–Crippen LogP) is 1.79. The molecule has 1 aromatic rings. The van der Waals surface area contributed by atoms with Crippen LogP contribution in [0.4, 0.5) is 0 Å². The lowest BCUT2D eigenvalue weighted by Crippen LogP contribution is -2.35. The molecule has 6 heteroatoms. The summed E-state index contributed by atoms with van der Waals surface area (Å²) in [7, 11) is -1.89. The number of ether oxygens (including phenoxy) is 1. The van der Waals surface area contributed by atoms with Gasteiger partial charge in [0.2, 0.25) is 10.0 Å². The number of benzene rings is 1. The van der Waals surface area contributed by atoms with Crippen LogP contribution in [0, 0.1) is 12.3 Å². The van der Waals surface area contributed by atoms with Gasteiger partial charge in [-0.2, -0.15) is 0 Å². The molecule has 0 heterocycles. The van der Waals surface area contributed by atoms with Crippen LogP contribution in [-0.4, -0.2) is 28.7 Å². The summed E-state index contributed by atoms with van der Waals surface area (Å²) in [6, 6.07) is 5.18. The van der Waals surface area contributed by atoms with E-state index in [1.165, 1.54) is 0 Å². The normalized spacial score (nSPS) is 12.6. The lowest BCUT2D eigenvalue weighted by atomic mass is 9.90. The molecule has 0 amide bonds. The summed E-state index contributed by atoms with van der Waals surface area (Å²) >= 11 is 0. The molecule has 0 radical (unpaired) electrons. The van der Waals surface area contributed by atoms with Gasteiger partial charge in [0.05, 0.1) is 4.90 Å². The van der Waals surface area contributed by atoms with Crippen LogP contribution < -0.4 is 10.5 Å². The minimum atomic E-state index is -3.53. The maximum Gasteiger partial charge on any atom is 0.240 e. The van der Waals surface area contributed by atoms with Gasteiger partial charge in [0.15, 0.2) is 0 Å². The molecule has 0 aliphatic carbocycles. The summed E-state index contributed by atoms with van der Waals surface area (Å²) in [6.45, 7) is 7.11. The number of hydrogen-bond donors (Lipinski definition) is 2. The molecule has 0 saturated heterocycles. The van der Waals surface area contributed by atoms with Crippen molar-refractivity contribution in [2.24, 2.45) is 11.1 Å². The van der Waals surface area contributed by atoms with Gasteiger partial charge in [-0.15, -0.1) is 0 Å². The first-order chi connectivity index (χ1) is 9.73. The van der Waals surface area contributed by atoms with Crippen LogP contribution in [0.3, 0.4) is 0 Å². The monoisotopic (exact) mass is 314 g/mol. The van der Waals surface area contributed by atoms with E-state index in [1.807, 2.05) is 19.9 Å². The Morgan fingerprint density at radius 3 is 2.57 bits per heavy atom. The summed E-state index contributed by atoms with van der Waals surface area (Å²) in [5.41, 5.74) is 7.02. The molecule has 0 atom stereocenters. The van der Waals surface area contributed by atoms with Gasteiger partial charge < -0.3 is 10.5 Å². The molecule has 0 aromatic heterocycles. The molecule has 120 valence electrons. The summed E-state index contributed by atoms with van der Waals surface area (Å²) in [4.78, 5) is 0.299. The quantitative estimate of drug-likeness (QED) is 0.766. The van der Waals surface area contributed by atoms with Crippen LogP contribution in [-0.2, 0) is 21.3 Å². The standard InChI is InChI=1S/C15H26N2O3S/c1-12-13(10-16)6-5-7-14(12)21(18,19)17-11-15(2,3)8-9-20-4/h5-7,17H,8-11,16H2,1-4H3. The lowest BCUT2D eigenvalue weighted by molar-refractivity contribution is 0.153. The summed E-state index contributed by atoms with van der Waals surface area (Å²) in [5.74, 6) is 0. The van der Waals surface area contributed by atoms with Crippen LogP contribution in [0.25, 0.3) is 0 Å². The van der Waals surface area contributed by atoms with Gasteiger partial charge in [-0.25, -0.2) is 13.1 Å². The molecule has 1 rings (SSSR count). The third kappa shape index (κ3) is 5.07. The van der Waals surface area contributed by atoms with Crippen molar-refractivity contribution in [3.63, 3.8) is 0 Å². The first kappa shape index (κ1) is 18.1. The van der Waals surface area contributed by atoms with Gasteiger partial charge in [-0.1, -0.05) is 26.0 Å². The molecular weight excluding hydrogens is 288 g/mol. The van der Waals surface area contributed by atoms with E-state index >= 15 is 0 Å². The molecule has 0 aliphatic rings. The van der Waals surface area contributed by atoms with Gasteiger partial charge in [-0.3, -0.25) is 0 Å². The predicted molar refractivity (Wildman–Crippen MR) is 84.5 cm³/mol. The number of rotatable bonds is 8. The SMILES string of the molecule is COCCC(C)(C)CNS(=O)(=O)c1cccc(CN)c1C. The van der Waals surface area contributed by atoms with Crippen LogP contribution in [0.1, 0.15) is 31.4 Å². The summed E-state index contributed by atoms with van der Waals surface area (Å²) in [6.07, 6.45) is 0.786. The summed E-state index contributed by atoms with van der Waals surface area (Å²) in [5, 5.41) is 0. The number of hydrogen-bond acceptors (Lipinski definition) is 4. The number of nitrogens with one attached hydrogen (secondary N) is 1. The fraction of sp³-hybridized carbons (Fsp3) is 0.600. The highest BCUT2D eigenvalue weighted by Crippen LogP contribution is 2.22. The molecule has 0 aliphatic heterocycles. The number of sulfonamides is 1. The highest BCUT2D eigenvalue weighted by molar-refractivity contribution is 7.89. The van der Waals surface area contributed by atoms with Crippen molar-refractivity contribution < 1.29 is 13.2 Å². The largest absolute Gasteiger partial charge is 0.385 e. The van der Waals surface area contributed by atoms with Gasteiger partial charge in [0, 0.05) is 26.8 Å². The van der Waals surface area contributed by atoms with Crippen LogP contribution in [0.5, 0.6) is 0 Å². The Labute approximate surface area is 127 Å². The molecule has 21 heavy (non-hydrogen) atoms. The van der Waals surface area contributed by atoms with E-state index in [4.69, 9.17) is 10.5 Å². The second-order valence-electron chi connectivity index (χ2n) is 5.98. The van der Waals surface area contributed by atoms with Crippen LogP contribution in [0.2, 0.25) is 0 Å². The van der Waals surface area contributed by atoms with E-state index in [9.17, 15) is 8.42 Å². The van der Waals surface area contributed by atoms with E-state index in [2.05, 4.69) is 4.72 Å². The Kier molecular flexibility index (Phi) is 6.34. The zero-order valence-electron chi connectivity index (χ0n) is 13.3. The van der Waals surface area contributed by atoms with Crippen molar-refractivity contribution in [3.8, 4) is 0 Å². The van der Waals surface area contributed by atoms with Crippen LogP contribution >= 0.6 is 0 Å². The van der Waals surface area contributed by atoms with E-state index in [1.54, 1.807) is 26.2 Å². The van der Waals surface area contributed by atoms with E-state index in [-0.39, 0.29) is 5.41 Å². The average Bonchev–Trinajstić information content (AvgIpc) is 2.43. The third-order valence-corrected chi connectivity index (χ3v) is 5.18. The topological polar surface area (TPSA) is 81.4 Å². The summed E-state index contributed by atoms with van der Waals surface area (Å²) < 4.78 is 32.7. The maximum absolute atomic E-state index is 12.5. The molecule has 0 bridgehead atoms. The highest BCUT2D eigenvalue weighted by atomic mass is 32.2. The number of methoxy groups -OCH3 is 1. The Balaban J connectivity index is 2.88. The minimum absolute atomic E-state index is 0.164. The average molecular weight is 314 g/mol. The zero-order valence-corrected chi connectivity index (χ0v) is 14.1. The Morgan fingerprint density at radius 2 is 2.00 bits per heavy atom. The minimum Gasteiger partial charge on any atom is -0.385 e. The van der Waals surface area contributed by atoms with Crippen molar-refractivity contribution >= 4 is 10.0 Å². The van der Waals surface area contributed by atoms with E-state index in [0.29, 0.717) is 30.2 Å². The van der Waals surface area contributed by atoms with Crippen molar-refractivity contribution in [3.05, 3.63) is 29.3 Å². The third-order valence-electron chi connectivity index (χ3n) is 3.63. The Morgan fingerprint density at radius 1 is 1.33 bits per heavy atom. The molecular formula is C15H26N2O3S. The fourth-order valence-electron chi connectivity index (χ4n) is 2.01. The van der Waals surface area contributed by atoms with Crippen molar-refractivity contribution in [2.45, 2.75) is 38.6 Å². The smallest absolute Gasteiger partial charge is 0.240 e. The van der Waals surface area contributed by atoms with Gasteiger partial charge in [0.25, 0.3) is 0 Å². The van der Waals surface area contributed by atoms with E-state index < -0.39 is 10.0 Å². The van der Waals surface area contributed by atoms with Crippen molar-refractivity contribution in [1.82, 2.24) is 4.72 Å². The Hall–Kier alpha value is -0.950. The first-order valence-corrected chi connectivity index (χ1v) is 8.49. The number of nitrogens with two attached hydrogens (primary N) is 1. The fourth-order valence-corrected chi connectivity index (χ4v) is 3.54. The van der Waals surface area contributed by atoms with Gasteiger partial charge in [0.1, 0.15) is 0 Å². The molecule has 3 N–H and O–H groups in total. The van der Waals surface area contributed by atoms with Crippen LogP contribution in [0.15, 0.2) is 23.1 Å². The first-order valence-electron chi connectivity index (χ1n) is 7.00. The van der Waals surface area contributed by atoms with Crippen molar-refractivity contribution in [1.29, 1.82) is 0 Å². The Bertz CT molecular complexity index is 568.